The van der Waals surface area contributed by atoms with Crippen LogP contribution in [0.3, 0.4) is 0 Å². The molecule has 3 aromatic rings. The van der Waals surface area contributed by atoms with Crippen LogP contribution in [0, 0.1) is 0 Å². The quantitative estimate of drug-likeness (QED) is 0.728. The molecule has 1 amide bonds. The number of rotatable bonds is 5. The van der Waals surface area contributed by atoms with Gasteiger partial charge < -0.3 is 19.7 Å². The predicted octanol–water partition coefficient (Wildman–Crippen LogP) is 3.18. The number of methoxy groups -OCH3 is 1. The van der Waals surface area contributed by atoms with E-state index in [0.29, 0.717) is 24.3 Å². The number of aromatic amines is 1. The molecule has 0 saturated heterocycles. The van der Waals surface area contributed by atoms with Crippen molar-refractivity contribution in [3.63, 3.8) is 0 Å². The molecule has 0 unspecified atom stereocenters. The first kappa shape index (κ1) is 17.3. The number of hydrogen-bond acceptors (Lipinski definition) is 3. The molecule has 0 fully saturated rings. The molecule has 0 spiro atoms. The van der Waals surface area contributed by atoms with Gasteiger partial charge in [0.25, 0.3) is 5.91 Å². The maximum Gasteiger partial charge on any atom is 0.313 e. The lowest BCUT2D eigenvalue weighted by Gasteiger charge is -2.40. The summed E-state index contributed by atoms with van der Waals surface area (Å²) >= 11 is 0. The van der Waals surface area contributed by atoms with Crippen molar-refractivity contribution in [3.05, 3.63) is 71.4 Å². The van der Waals surface area contributed by atoms with Crippen LogP contribution in [0.15, 0.2) is 54.7 Å². The zero-order valence-corrected chi connectivity index (χ0v) is 14.9. The monoisotopic (exact) mass is 364 g/mol. The van der Waals surface area contributed by atoms with Gasteiger partial charge in [-0.3, -0.25) is 9.59 Å². The smallest absolute Gasteiger partial charge is 0.313 e. The number of amides is 1. The van der Waals surface area contributed by atoms with Crippen molar-refractivity contribution in [1.29, 1.82) is 0 Å². The van der Waals surface area contributed by atoms with Crippen LogP contribution in [0.4, 0.5) is 0 Å². The second-order valence-electron chi connectivity index (χ2n) is 6.63. The van der Waals surface area contributed by atoms with Gasteiger partial charge in [-0.05, 0) is 17.7 Å². The lowest BCUT2D eigenvalue weighted by molar-refractivity contribution is -0.140. The summed E-state index contributed by atoms with van der Waals surface area (Å²) in [7, 11) is 1.57. The molecule has 27 heavy (non-hydrogen) atoms. The average molecular weight is 364 g/mol. The minimum atomic E-state index is -0.951. The third kappa shape index (κ3) is 2.78. The molecule has 1 aliphatic rings. The zero-order chi connectivity index (χ0) is 19.0. The van der Waals surface area contributed by atoms with Crippen molar-refractivity contribution < 1.29 is 19.4 Å². The van der Waals surface area contributed by atoms with Crippen LogP contribution in [0.1, 0.15) is 33.4 Å². The van der Waals surface area contributed by atoms with E-state index in [1.807, 2.05) is 30.5 Å². The first-order chi connectivity index (χ1) is 13.1. The van der Waals surface area contributed by atoms with Crippen LogP contribution in [-0.4, -0.2) is 47.1 Å². The van der Waals surface area contributed by atoms with E-state index in [4.69, 9.17) is 4.74 Å². The minimum absolute atomic E-state index is 0.171. The summed E-state index contributed by atoms with van der Waals surface area (Å²) in [6.07, 6.45) is 1.81. The van der Waals surface area contributed by atoms with E-state index in [1.54, 1.807) is 36.3 Å². The van der Waals surface area contributed by atoms with E-state index in [2.05, 4.69) is 4.98 Å². The molecule has 0 radical (unpaired) electrons. The van der Waals surface area contributed by atoms with E-state index in [1.165, 1.54) is 0 Å². The number of nitrogens with one attached hydrogen (secondary N) is 1. The summed E-state index contributed by atoms with van der Waals surface area (Å²) in [6.45, 7) is 0.650. The van der Waals surface area contributed by atoms with Crippen molar-refractivity contribution in [3.8, 4) is 0 Å². The second kappa shape index (κ2) is 6.89. The van der Waals surface area contributed by atoms with E-state index in [-0.39, 0.29) is 5.91 Å². The summed E-state index contributed by atoms with van der Waals surface area (Å²) in [5.74, 6) is -1.97. The van der Waals surface area contributed by atoms with E-state index < -0.39 is 17.9 Å². The van der Waals surface area contributed by atoms with Crippen molar-refractivity contribution in [1.82, 2.24) is 9.88 Å². The maximum atomic E-state index is 13.2. The highest BCUT2D eigenvalue weighted by molar-refractivity contribution is 6.01. The molecule has 2 N–H and O–H groups in total. The Morgan fingerprint density at radius 3 is 2.67 bits per heavy atom. The standard InChI is InChI=1S/C21H20N2O4/c1-27-11-10-23-19(16-12-22-17-9-5-4-6-13(16)17)18(21(25)26)14-7-2-3-8-15(14)20(23)24/h2-9,12,18-19,22H,10-11H2,1H3,(H,25,26)/t18-,19+/m0/s1. The lowest BCUT2D eigenvalue weighted by atomic mass is 9.79. The largest absolute Gasteiger partial charge is 0.481 e. The van der Waals surface area contributed by atoms with Gasteiger partial charge in [-0.1, -0.05) is 36.4 Å². The van der Waals surface area contributed by atoms with Gasteiger partial charge >= 0.3 is 5.97 Å². The number of nitrogens with zero attached hydrogens (tertiary/aromatic N) is 1. The third-order valence-electron chi connectivity index (χ3n) is 5.18. The second-order valence-corrected chi connectivity index (χ2v) is 6.63. The molecule has 0 saturated carbocycles. The highest BCUT2D eigenvalue weighted by atomic mass is 16.5. The number of carboxylic acids is 1. The first-order valence-electron chi connectivity index (χ1n) is 8.81. The van der Waals surface area contributed by atoms with Gasteiger partial charge in [-0.25, -0.2) is 0 Å². The molecule has 1 aromatic heterocycles. The molecule has 4 rings (SSSR count). The predicted molar refractivity (Wildman–Crippen MR) is 101 cm³/mol. The van der Waals surface area contributed by atoms with Gasteiger partial charge in [0.2, 0.25) is 0 Å². The highest BCUT2D eigenvalue weighted by Gasteiger charge is 2.44. The summed E-state index contributed by atoms with van der Waals surface area (Å²) < 4.78 is 5.18. The van der Waals surface area contributed by atoms with Gasteiger partial charge in [0, 0.05) is 41.9 Å². The summed E-state index contributed by atoms with van der Waals surface area (Å²) in [4.78, 5) is 30.3. The lowest BCUT2D eigenvalue weighted by Crippen LogP contribution is -2.46. The Labute approximate surface area is 156 Å². The number of aromatic nitrogens is 1. The van der Waals surface area contributed by atoms with Gasteiger partial charge in [0.05, 0.1) is 12.6 Å². The fourth-order valence-corrected chi connectivity index (χ4v) is 3.98. The van der Waals surface area contributed by atoms with Crippen molar-refractivity contribution in [2.24, 2.45) is 0 Å². The SMILES string of the molecule is COCCN1C(=O)c2ccccc2[C@H](C(=O)O)[C@H]1c1c[nH]c2ccccc12. The molecule has 0 bridgehead atoms. The van der Waals surface area contributed by atoms with Crippen LogP contribution in [0.25, 0.3) is 10.9 Å². The number of carbonyl (C=O) groups excluding carboxylic acids is 1. The van der Waals surface area contributed by atoms with Crippen molar-refractivity contribution in [2.45, 2.75) is 12.0 Å². The molecular weight excluding hydrogens is 344 g/mol. The molecule has 2 atom stereocenters. The Balaban J connectivity index is 1.94. The molecule has 2 aromatic carbocycles. The Morgan fingerprint density at radius 1 is 1.15 bits per heavy atom. The van der Waals surface area contributed by atoms with Crippen LogP contribution < -0.4 is 0 Å². The minimum Gasteiger partial charge on any atom is -0.481 e. The number of H-pyrrole nitrogens is 1. The number of ether oxygens (including phenoxy) is 1. The Hall–Kier alpha value is -3.12. The van der Waals surface area contributed by atoms with Gasteiger partial charge in [0.1, 0.15) is 5.92 Å². The number of carboxylic acid groups (broad SMARTS) is 1. The molecular formula is C21H20N2O4. The molecule has 1 aliphatic heterocycles. The third-order valence-corrected chi connectivity index (χ3v) is 5.18. The fraction of sp³-hybridized carbons (Fsp3) is 0.238. The Kier molecular flexibility index (Phi) is 4.41. The highest BCUT2D eigenvalue weighted by Crippen LogP contribution is 2.44. The molecule has 6 heteroatoms. The number of benzene rings is 2. The van der Waals surface area contributed by atoms with E-state index >= 15 is 0 Å². The van der Waals surface area contributed by atoms with Crippen LogP contribution >= 0.6 is 0 Å². The van der Waals surface area contributed by atoms with Crippen LogP contribution in [0.2, 0.25) is 0 Å². The normalized spacial score (nSPS) is 19.3. The van der Waals surface area contributed by atoms with Crippen molar-refractivity contribution >= 4 is 22.8 Å². The molecule has 138 valence electrons. The van der Waals surface area contributed by atoms with Gasteiger partial charge in [-0.2, -0.15) is 0 Å². The number of carbonyl (C=O) groups is 2. The molecule has 2 heterocycles. The number of fused-ring (bicyclic) bond motifs is 2. The van der Waals surface area contributed by atoms with Crippen molar-refractivity contribution in [2.75, 3.05) is 20.3 Å². The Morgan fingerprint density at radius 2 is 1.89 bits per heavy atom. The molecule has 0 aliphatic carbocycles. The number of para-hydroxylation sites is 1. The summed E-state index contributed by atoms with van der Waals surface area (Å²) in [5.41, 5.74) is 2.71. The van der Waals surface area contributed by atoms with Gasteiger partial charge in [0.15, 0.2) is 0 Å². The fourth-order valence-electron chi connectivity index (χ4n) is 3.98. The maximum absolute atomic E-state index is 13.2. The van der Waals surface area contributed by atoms with Crippen LogP contribution in [-0.2, 0) is 9.53 Å². The number of aliphatic carboxylic acids is 1. The Bertz CT molecular complexity index is 1010. The van der Waals surface area contributed by atoms with Gasteiger partial charge in [-0.15, -0.1) is 0 Å². The topological polar surface area (TPSA) is 82.6 Å². The van der Waals surface area contributed by atoms with E-state index in [9.17, 15) is 14.7 Å². The summed E-state index contributed by atoms with van der Waals surface area (Å²) in [6, 6.07) is 14.1. The van der Waals surface area contributed by atoms with E-state index in [0.717, 1.165) is 16.5 Å². The first-order valence-corrected chi connectivity index (χ1v) is 8.81. The molecule has 6 nitrogen and oxygen atoms in total. The van der Waals surface area contributed by atoms with Crippen LogP contribution in [0.5, 0.6) is 0 Å². The average Bonchev–Trinajstić information content (AvgIpc) is 3.10. The summed E-state index contributed by atoms with van der Waals surface area (Å²) in [5, 5.41) is 11.0. The number of hydrogen-bond donors (Lipinski definition) is 2. The zero-order valence-electron chi connectivity index (χ0n) is 14.9.